The molecule has 0 aliphatic heterocycles. The second-order valence-electron chi connectivity index (χ2n) is 3.63. The minimum atomic E-state index is -3.67. The highest BCUT2D eigenvalue weighted by molar-refractivity contribution is 7.89. The van der Waals surface area contributed by atoms with E-state index in [1.807, 2.05) is 0 Å². The first kappa shape index (κ1) is 12.8. The molecule has 18 heavy (non-hydrogen) atoms. The lowest BCUT2D eigenvalue weighted by atomic mass is 10.1. The normalized spacial score (nSPS) is 11.7. The molecular weight excluding hydrogens is 257 g/mol. The van der Waals surface area contributed by atoms with Gasteiger partial charge in [-0.25, -0.2) is 17.5 Å². The van der Waals surface area contributed by atoms with Gasteiger partial charge in [0.1, 0.15) is 5.82 Å². The predicted molar refractivity (Wildman–Crippen MR) is 65.0 cm³/mol. The third kappa shape index (κ3) is 2.44. The predicted octanol–water partition coefficient (Wildman–Crippen LogP) is 2.38. The van der Waals surface area contributed by atoms with E-state index in [0.717, 1.165) is 0 Å². The molecule has 6 heteroatoms. The van der Waals surface area contributed by atoms with Gasteiger partial charge < -0.3 is 4.42 Å². The van der Waals surface area contributed by atoms with E-state index in [0.29, 0.717) is 11.1 Å². The van der Waals surface area contributed by atoms with E-state index in [4.69, 9.17) is 4.42 Å². The van der Waals surface area contributed by atoms with Crippen LogP contribution in [0, 0.1) is 5.82 Å². The fourth-order valence-corrected chi connectivity index (χ4v) is 2.77. The Morgan fingerprint density at radius 1 is 1.22 bits per heavy atom. The van der Waals surface area contributed by atoms with Gasteiger partial charge in [0.15, 0.2) is 0 Å². The van der Waals surface area contributed by atoms with Crippen LogP contribution in [0.2, 0.25) is 0 Å². The van der Waals surface area contributed by atoms with Gasteiger partial charge in [0.05, 0.1) is 6.26 Å². The largest absolute Gasteiger partial charge is 0.451 e. The quantitative estimate of drug-likeness (QED) is 0.927. The van der Waals surface area contributed by atoms with Crippen molar-refractivity contribution in [3.05, 3.63) is 42.4 Å². The average molecular weight is 269 g/mol. The Hall–Kier alpha value is -1.66. The molecule has 4 nitrogen and oxygen atoms in total. The van der Waals surface area contributed by atoms with Crippen molar-refractivity contribution >= 4 is 10.0 Å². The molecule has 1 aromatic heterocycles. The molecule has 1 heterocycles. The first-order valence-corrected chi connectivity index (χ1v) is 6.86. The molecule has 1 aromatic carbocycles. The van der Waals surface area contributed by atoms with Crippen LogP contribution in [0.5, 0.6) is 0 Å². The van der Waals surface area contributed by atoms with E-state index in [1.54, 1.807) is 6.92 Å². The van der Waals surface area contributed by atoms with Crippen molar-refractivity contribution < 1.29 is 17.2 Å². The molecule has 2 rings (SSSR count). The molecule has 0 radical (unpaired) electrons. The van der Waals surface area contributed by atoms with Crippen LogP contribution in [-0.4, -0.2) is 15.0 Å². The lowest BCUT2D eigenvalue weighted by Gasteiger charge is -2.04. The minimum Gasteiger partial charge on any atom is -0.451 e. The molecule has 0 amide bonds. The Morgan fingerprint density at radius 3 is 2.50 bits per heavy atom. The second kappa shape index (κ2) is 4.91. The van der Waals surface area contributed by atoms with E-state index >= 15 is 0 Å². The second-order valence-corrected chi connectivity index (χ2v) is 5.30. The Morgan fingerprint density at radius 2 is 1.89 bits per heavy atom. The third-order valence-corrected chi connectivity index (χ3v) is 3.84. The van der Waals surface area contributed by atoms with Crippen molar-refractivity contribution in [1.82, 2.24) is 4.72 Å². The summed E-state index contributed by atoms with van der Waals surface area (Å²) in [5.41, 5.74) is 0.998. The SMILES string of the molecule is CCNS(=O)(=O)c1occc1-c1ccc(F)cc1. The fraction of sp³-hybridized carbons (Fsp3) is 0.167. The van der Waals surface area contributed by atoms with Gasteiger partial charge in [-0.05, 0) is 23.8 Å². The van der Waals surface area contributed by atoms with Crippen LogP contribution in [0.25, 0.3) is 11.1 Å². The number of halogens is 1. The first-order valence-electron chi connectivity index (χ1n) is 5.37. The zero-order valence-corrected chi connectivity index (χ0v) is 10.5. The van der Waals surface area contributed by atoms with Gasteiger partial charge >= 0.3 is 0 Å². The molecule has 0 aliphatic carbocycles. The van der Waals surface area contributed by atoms with Crippen molar-refractivity contribution in [2.75, 3.05) is 6.54 Å². The Balaban J connectivity index is 2.48. The van der Waals surface area contributed by atoms with Gasteiger partial charge in [-0.2, -0.15) is 0 Å². The number of nitrogens with one attached hydrogen (secondary N) is 1. The number of hydrogen-bond acceptors (Lipinski definition) is 3. The number of furan rings is 1. The summed E-state index contributed by atoms with van der Waals surface area (Å²) in [4.78, 5) is 0. The molecule has 0 aliphatic rings. The van der Waals surface area contributed by atoms with Gasteiger partial charge in [0, 0.05) is 12.1 Å². The van der Waals surface area contributed by atoms with Gasteiger partial charge in [-0.1, -0.05) is 19.1 Å². The van der Waals surface area contributed by atoms with Gasteiger partial charge in [0.2, 0.25) is 5.09 Å². The van der Waals surface area contributed by atoms with Crippen LogP contribution in [0.15, 0.2) is 46.1 Å². The Kier molecular flexibility index (Phi) is 3.49. The summed E-state index contributed by atoms with van der Waals surface area (Å²) in [6.45, 7) is 1.95. The maximum Gasteiger partial charge on any atom is 0.274 e. The van der Waals surface area contributed by atoms with Gasteiger partial charge in [0.25, 0.3) is 10.0 Å². The van der Waals surface area contributed by atoms with Crippen molar-refractivity contribution in [2.24, 2.45) is 0 Å². The topological polar surface area (TPSA) is 59.3 Å². The van der Waals surface area contributed by atoms with Crippen LogP contribution in [0.4, 0.5) is 4.39 Å². The molecule has 0 bridgehead atoms. The highest BCUT2D eigenvalue weighted by atomic mass is 32.2. The molecular formula is C12H12FNO3S. The molecule has 0 saturated carbocycles. The summed E-state index contributed by atoms with van der Waals surface area (Å²) in [6.07, 6.45) is 1.29. The van der Waals surface area contributed by atoms with E-state index in [1.165, 1.54) is 36.6 Å². The fourth-order valence-electron chi connectivity index (χ4n) is 1.60. The molecule has 96 valence electrons. The summed E-state index contributed by atoms with van der Waals surface area (Å²) in [6, 6.07) is 7.09. The van der Waals surface area contributed by atoms with E-state index in [9.17, 15) is 12.8 Å². The van der Waals surface area contributed by atoms with Crippen LogP contribution >= 0.6 is 0 Å². The monoisotopic (exact) mass is 269 g/mol. The molecule has 2 aromatic rings. The summed E-state index contributed by atoms with van der Waals surface area (Å²) in [7, 11) is -3.67. The maximum atomic E-state index is 12.8. The smallest absolute Gasteiger partial charge is 0.274 e. The van der Waals surface area contributed by atoms with E-state index in [-0.39, 0.29) is 17.5 Å². The highest BCUT2D eigenvalue weighted by Gasteiger charge is 2.22. The maximum absolute atomic E-state index is 12.8. The van der Waals surface area contributed by atoms with E-state index in [2.05, 4.69) is 4.72 Å². The standard InChI is InChI=1S/C12H12FNO3S/c1-2-14-18(15,16)12-11(7-8-17-12)9-3-5-10(13)6-4-9/h3-8,14H,2H2,1H3. The van der Waals surface area contributed by atoms with Crippen molar-refractivity contribution in [3.63, 3.8) is 0 Å². The summed E-state index contributed by atoms with van der Waals surface area (Å²) in [5, 5.41) is -0.157. The molecule has 1 N–H and O–H groups in total. The van der Waals surface area contributed by atoms with Crippen molar-refractivity contribution in [3.8, 4) is 11.1 Å². The minimum absolute atomic E-state index is 0.157. The molecule has 0 atom stereocenters. The van der Waals surface area contributed by atoms with Crippen molar-refractivity contribution in [1.29, 1.82) is 0 Å². The number of sulfonamides is 1. The van der Waals surface area contributed by atoms with Gasteiger partial charge in [-0.3, -0.25) is 0 Å². The number of benzene rings is 1. The zero-order chi connectivity index (χ0) is 13.2. The van der Waals surface area contributed by atoms with Gasteiger partial charge in [-0.15, -0.1) is 0 Å². The molecule has 0 unspecified atom stereocenters. The molecule has 0 saturated heterocycles. The van der Waals surface area contributed by atoms with E-state index < -0.39 is 10.0 Å². The van der Waals surface area contributed by atoms with Crippen LogP contribution in [0.1, 0.15) is 6.92 Å². The third-order valence-electron chi connectivity index (χ3n) is 2.36. The average Bonchev–Trinajstić information content (AvgIpc) is 2.79. The zero-order valence-electron chi connectivity index (χ0n) is 9.68. The lowest BCUT2D eigenvalue weighted by Crippen LogP contribution is -2.23. The summed E-state index contributed by atoms with van der Waals surface area (Å²) < 4.78 is 44.0. The first-order chi connectivity index (χ1) is 8.54. The summed E-state index contributed by atoms with van der Waals surface area (Å²) >= 11 is 0. The Bertz CT molecular complexity index is 632. The van der Waals surface area contributed by atoms with Crippen LogP contribution in [-0.2, 0) is 10.0 Å². The Labute approximate surface area is 104 Å². The number of hydrogen-bond donors (Lipinski definition) is 1. The molecule has 0 spiro atoms. The van der Waals surface area contributed by atoms with Crippen LogP contribution in [0.3, 0.4) is 0 Å². The molecule has 0 fully saturated rings. The highest BCUT2D eigenvalue weighted by Crippen LogP contribution is 2.28. The lowest BCUT2D eigenvalue weighted by molar-refractivity contribution is 0.448. The summed E-state index contributed by atoms with van der Waals surface area (Å²) in [5.74, 6) is -0.377. The van der Waals surface area contributed by atoms with Crippen molar-refractivity contribution in [2.45, 2.75) is 12.0 Å². The number of rotatable bonds is 4. The van der Waals surface area contributed by atoms with Crippen LogP contribution < -0.4 is 4.72 Å².